The van der Waals surface area contributed by atoms with Crippen LogP contribution in [0.15, 0.2) is 47.6 Å². The lowest BCUT2D eigenvalue weighted by atomic mass is 10.2. The Morgan fingerprint density at radius 1 is 1.23 bits per heavy atom. The van der Waals surface area contributed by atoms with Crippen molar-refractivity contribution in [2.45, 2.75) is 19.4 Å². The fraction of sp³-hybridized carbons (Fsp3) is 0.333. The van der Waals surface area contributed by atoms with Gasteiger partial charge in [0, 0.05) is 19.8 Å². The number of rotatable bonds is 7. The molecule has 1 aromatic heterocycles. The van der Waals surface area contributed by atoms with Gasteiger partial charge >= 0.3 is 0 Å². The summed E-state index contributed by atoms with van der Waals surface area (Å²) in [4.78, 5) is 8.23. The fourth-order valence-corrected chi connectivity index (χ4v) is 2.24. The van der Waals surface area contributed by atoms with Crippen molar-refractivity contribution in [3.63, 3.8) is 0 Å². The first-order valence-electron chi connectivity index (χ1n) is 8.04. The minimum Gasteiger partial charge on any atom is -0.489 e. The summed E-state index contributed by atoms with van der Waals surface area (Å²) >= 11 is 5.77. The third-order valence-corrected chi connectivity index (χ3v) is 3.65. The number of ether oxygens (including phenoxy) is 1. The number of aromatic nitrogens is 1. The molecule has 0 aliphatic carbocycles. The molecule has 2 rings (SSSR count). The van der Waals surface area contributed by atoms with Gasteiger partial charge < -0.3 is 15.4 Å². The largest absolute Gasteiger partial charge is 0.489 e. The molecule has 0 spiro atoms. The molecule has 1 heterocycles. The molecule has 2 N–H and O–H groups in total. The van der Waals surface area contributed by atoms with Crippen molar-refractivity contribution in [1.82, 2.24) is 15.6 Å². The van der Waals surface area contributed by atoms with Gasteiger partial charge in [0.25, 0.3) is 0 Å². The maximum atomic E-state index is 12.9. The number of guanidine groups is 1. The van der Waals surface area contributed by atoms with E-state index < -0.39 is 0 Å². The molecular formula is C18H23ClFIN4O. The van der Waals surface area contributed by atoms with Crippen molar-refractivity contribution in [2.75, 3.05) is 20.1 Å². The second-order valence-corrected chi connectivity index (χ2v) is 5.89. The van der Waals surface area contributed by atoms with Gasteiger partial charge in [0.05, 0.1) is 6.54 Å². The molecule has 0 saturated carbocycles. The lowest BCUT2D eigenvalue weighted by molar-refractivity contribution is 0.223. The van der Waals surface area contributed by atoms with E-state index in [9.17, 15) is 4.39 Å². The molecule has 0 fully saturated rings. The van der Waals surface area contributed by atoms with E-state index in [4.69, 9.17) is 16.3 Å². The van der Waals surface area contributed by atoms with Crippen LogP contribution in [-0.4, -0.2) is 37.2 Å². The number of aliphatic imine (C=N–C) groups is 1. The first kappa shape index (κ1) is 22.4. The summed E-state index contributed by atoms with van der Waals surface area (Å²) < 4.78 is 18.6. The van der Waals surface area contributed by atoms with E-state index in [0.29, 0.717) is 23.4 Å². The van der Waals surface area contributed by atoms with E-state index in [0.717, 1.165) is 18.5 Å². The molecule has 142 valence electrons. The molecule has 0 aliphatic rings. The highest BCUT2D eigenvalue weighted by atomic mass is 127. The molecule has 0 saturated heterocycles. The van der Waals surface area contributed by atoms with Crippen LogP contribution < -0.4 is 15.4 Å². The van der Waals surface area contributed by atoms with Gasteiger partial charge in [-0.1, -0.05) is 17.7 Å². The van der Waals surface area contributed by atoms with E-state index in [1.807, 2.05) is 13.0 Å². The van der Waals surface area contributed by atoms with Gasteiger partial charge in [-0.3, -0.25) is 4.99 Å². The van der Waals surface area contributed by atoms with Crippen molar-refractivity contribution in [3.8, 4) is 5.75 Å². The SMILES string of the molecule is CN=C(NCCc1ccc(Cl)nc1)NCC(C)Oc1ccc(F)cc1.I. The van der Waals surface area contributed by atoms with Crippen LogP contribution in [0.4, 0.5) is 4.39 Å². The Kier molecular flexibility index (Phi) is 10.3. The molecule has 0 amide bonds. The monoisotopic (exact) mass is 492 g/mol. The number of hydrogen-bond acceptors (Lipinski definition) is 3. The molecule has 8 heteroatoms. The highest BCUT2D eigenvalue weighted by Gasteiger charge is 2.06. The Bertz CT molecular complexity index is 683. The Morgan fingerprint density at radius 3 is 2.58 bits per heavy atom. The molecule has 0 aliphatic heterocycles. The summed E-state index contributed by atoms with van der Waals surface area (Å²) in [5.74, 6) is 1.05. The average Bonchev–Trinajstić information content (AvgIpc) is 2.61. The molecule has 1 atom stereocenters. The maximum absolute atomic E-state index is 12.9. The predicted octanol–water partition coefficient (Wildman–Crippen LogP) is 3.67. The molecule has 0 radical (unpaired) electrons. The third kappa shape index (κ3) is 8.18. The zero-order valence-electron chi connectivity index (χ0n) is 14.7. The smallest absolute Gasteiger partial charge is 0.191 e. The first-order valence-corrected chi connectivity index (χ1v) is 8.42. The van der Waals surface area contributed by atoms with Crippen molar-refractivity contribution in [1.29, 1.82) is 0 Å². The molecule has 0 bridgehead atoms. The second-order valence-electron chi connectivity index (χ2n) is 5.50. The van der Waals surface area contributed by atoms with Gasteiger partial charge in [0.2, 0.25) is 0 Å². The number of benzene rings is 1. The molecule has 1 unspecified atom stereocenters. The van der Waals surface area contributed by atoms with Crippen LogP contribution in [0, 0.1) is 5.82 Å². The lowest BCUT2D eigenvalue weighted by Crippen LogP contribution is -2.42. The molecule has 2 aromatic rings. The normalized spacial score (nSPS) is 12.1. The number of halogens is 3. The summed E-state index contributed by atoms with van der Waals surface area (Å²) in [6.45, 7) is 3.22. The standard InChI is InChI=1S/C18H22ClFN4O.HI/c1-13(25-16-6-4-15(20)5-7-16)11-24-18(21-2)22-10-9-14-3-8-17(19)23-12-14;/h3-8,12-13H,9-11H2,1-2H3,(H2,21,22,24);1H. The van der Waals surface area contributed by atoms with E-state index >= 15 is 0 Å². The van der Waals surface area contributed by atoms with Crippen molar-refractivity contribution in [3.05, 3.63) is 59.1 Å². The highest BCUT2D eigenvalue weighted by Crippen LogP contribution is 2.12. The summed E-state index contributed by atoms with van der Waals surface area (Å²) in [5, 5.41) is 6.92. The average molecular weight is 493 g/mol. The maximum Gasteiger partial charge on any atom is 0.191 e. The van der Waals surface area contributed by atoms with E-state index in [-0.39, 0.29) is 35.9 Å². The Balaban J connectivity index is 0.00000338. The molecule has 26 heavy (non-hydrogen) atoms. The lowest BCUT2D eigenvalue weighted by Gasteiger charge is -2.17. The van der Waals surface area contributed by atoms with E-state index in [1.54, 1.807) is 31.4 Å². The predicted molar refractivity (Wildman–Crippen MR) is 114 cm³/mol. The summed E-state index contributed by atoms with van der Waals surface area (Å²) in [7, 11) is 1.71. The van der Waals surface area contributed by atoms with Crippen LogP contribution in [0.5, 0.6) is 5.75 Å². The van der Waals surface area contributed by atoms with Gasteiger partial charge in [0.15, 0.2) is 5.96 Å². The first-order chi connectivity index (χ1) is 12.1. The van der Waals surface area contributed by atoms with Crippen LogP contribution in [-0.2, 0) is 6.42 Å². The summed E-state index contributed by atoms with van der Waals surface area (Å²) in [6.07, 6.45) is 2.48. The Morgan fingerprint density at radius 2 is 1.96 bits per heavy atom. The quantitative estimate of drug-likeness (QED) is 0.268. The van der Waals surface area contributed by atoms with Gasteiger partial charge in [-0.25, -0.2) is 9.37 Å². The van der Waals surface area contributed by atoms with Crippen LogP contribution in [0.3, 0.4) is 0 Å². The topological polar surface area (TPSA) is 58.5 Å². The van der Waals surface area contributed by atoms with E-state index in [2.05, 4.69) is 20.6 Å². The Labute approximate surface area is 175 Å². The molecular weight excluding hydrogens is 470 g/mol. The summed E-state index contributed by atoms with van der Waals surface area (Å²) in [6, 6.07) is 9.70. The number of nitrogens with zero attached hydrogens (tertiary/aromatic N) is 2. The van der Waals surface area contributed by atoms with Crippen LogP contribution in [0.1, 0.15) is 12.5 Å². The second kappa shape index (κ2) is 11.9. The van der Waals surface area contributed by atoms with Crippen molar-refractivity contribution < 1.29 is 9.13 Å². The zero-order chi connectivity index (χ0) is 18.1. The minimum atomic E-state index is -0.279. The molecule has 5 nitrogen and oxygen atoms in total. The highest BCUT2D eigenvalue weighted by molar-refractivity contribution is 14.0. The van der Waals surface area contributed by atoms with Gasteiger partial charge in [0.1, 0.15) is 22.8 Å². The Hall–Kier alpha value is -1.61. The number of nitrogens with one attached hydrogen (secondary N) is 2. The van der Waals surface area contributed by atoms with Crippen molar-refractivity contribution >= 4 is 41.5 Å². The van der Waals surface area contributed by atoms with Crippen LogP contribution >= 0.6 is 35.6 Å². The fourth-order valence-electron chi connectivity index (χ4n) is 2.13. The summed E-state index contributed by atoms with van der Waals surface area (Å²) in [5.41, 5.74) is 1.10. The molecule has 1 aromatic carbocycles. The van der Waals surface area contributed by atoms with Crippen LogP contribution in [0.2, 0.25) is 5.15 Å². The third-order valence-electron chi connectivity index (χ3n) is 3.43. The number of pyridine rings is 1. The van der Waals surface area contributed by atoms with Gasteiger partial charge in [-0.05, 0) is 49.2 Å². The minimum absolute atomic E-state index is 0. The van der Waals surface area contributed by atoms with Gasteiger partial charge in [-0.2, -0.15) is 0 Å². The van der Waals surface area contributed by atoms with Crippen molar-refractivity contribution in [2.24, 2.45) is 4.99 Å². The van der Waals surface area contributed by atoms with Gasteiger partial charge in [-0.15, -0.1) is 24.0 Å². The van der Waals surface area contributed by atoms with E-state index in [1.165, 1.54) is 12.1 Å². The number of hydrogen-bond donors (Lipinski definition) is 2. The van der Waals surface area contributed by atoms with Crippen LogP contribution in [0.25, 0.3) is 0 Å². The zero-order valence-corrected chi connectivity index (χ0v) is 17.8.